The van der Waals surface area contributed by atoms with Crippen LogP contribution in [-0.2, 0) is 16.0 Å². The second-order valence-corrected chi connectivity index (χ2v) is 4.08. The molecule has 2 rings (SSSR count). The van der Waals surface area contributed by atoms with Gasteiger partial charge in [-0.25, -0.2) is 9.67 Å². The van der Waals surface area contributed by atoms with Gasteiger partial charge in [-0.1, -0.05) is 12.1 Å². The van der Waals surface area contributed by atoms with Crippen LogP contribution in [0.15, 0.2) is 36.9 Å². The van der Waals surface area contributed by atoms with Crippen LogP contribution < -0.4 is 5.32 Å². The lowest BCUT2D eigenvalue weighted by molar-refractivity contribution is -0.142. The van der Waals surface area contributed by atoms with Crippen molar-refractivity contribution in [3.8, 4) is 5.69 Å². The number of nitrogens with zero attached hydrogens (tertiary/aromatic N) is 3. The van der Waals surface area contributed by atoms with E-state index in [0.717, 1.165) is 11.3 Å². The van der Waals surface area contributed by atoms with Gasteiger partial charge in [0.05, 0.1) is 12.8 Å². The van der Waals surface area contributed by atoms with Gasteiger partial charge in [0.1, 0.15) is 18.7 Å². The number of ether oxygens (including phenoxy) is 1. The summed E-state index contributed by atoms with van der Waals surface area (Å²) in [4.78, 5) is 15.4. The lowest BCUT2D eigenvalue weighted by atomic mass is 10.1. The fourth-order valence-corrected chi connectivity index (χ4v) is 1.81. The van der Waals surface area contributed by atoms with E-state index in [1.54, 1.807) is 18.1 Å². The average Bonchev–Trinajstić information content (AvgIpc) is 2.98. The van der Waals surface area contributed by atoms with Crippen molar-refractivity contribution in [2.75, 3.05) is 14.2 Å². The maximum atomic E-state index is 11.5. The maximum Gasteiger partial charge on any atom is 0.323 e. The molecule has 19 heavy (non-hydrogen) atoms. The van der Waals surface area contributed by atoms with Crippen LogP contribution in [0, 0.1) is 0 Å². The monoisotopic (exact) mass is 260 g/mol. The Hall–Kier alpha value is -2.21. The number of benzene rings is 1. The van der Waals surface area contributed by atoms with Gasteiger partial charge in [0, 0.05) is 0 Å². The number of carbonyl (C=O) groups is 1. The number of esters is 1. The zero-order chi connectivity index (χ0) is 13.7. The predicted molar refractivity (Wildman–Crippen MR) is 69.9 cm³/mol. The van der Waals surface area contributed by atoms with Crippen molar-refractivity contribution in [3.63, 3.8) is 0 Å². The molecule has 1 aromatic carbocycles. The molecule has 1 atom stereocenters. The Morgan fingerprint density at radius 2 is 2.16 bits per heavy atom. The molecule has 6 heteroatoms. The minimum Gasteiger partial charge on any atom is -0.468 e. The second kappa shape index (κ2) is 6.10. The molecular weight excluding hydrogens is 244 g/mol. The Labute approximate surface area is 111 Å². The zero-order valence-corrected chi connectivity index (χ0v) is 10.9. The van der Waals surface area contributed by atoms with Gasteiger partial charge in [0.15, 0.2) is 0 Å². The van der Waals surface area contributed by atoms with Crippen molar-refractivity contribution < 1.29 is 9.53 Å². The molecule has 0 radical (unpaired) electrons. The number of rotatable bonds is 5. The van der Waals surface area contributed by atoms with Gasteiger partial charge in [-0.3, -0.25) is 4.79 Å². The van der Waals surface area contributed by atoms with E-state index in [4.69, 9.17) is 4.74 Å². The largest absolute Gasteiger partial charge is 0.468 e. The Morgan fingerprint density at radius 1 is 1.42 bits per heavy atom. The van der Waals surface area contributed by atoms with E-state index in [1.807, 2.05) is 24.3 Å². The van der Waals surface area contributed by atoms with Crippen LogP contribution >= 0.6 is 0 Å². The van der Waals surface area contributed by atoms with Crippen molar-refractivity contribution >= 4 is 5.97 Å². The molecule has 100 valence electrons. The lowest BCUT2D eigenvalue weighted by Gasteiger charge is -2.13. The average molecular weight is 260 g/mol. The molecule has 0 aliphatic heterocycles. The van der Waals surface area contributed by atoms with E-state index in [9.17, 15) is 4.79 Å². The Kier molecular flexibility index (Phi) is 4.25. The third-order valence-corrected chi connectivity index (χ3v) is 2.89. The molecule has 1 heterocycles. The Bertz CT molecular complexity index is 522. The van der Waals surface area contributed by atoms with Gasteiger partial charge in [-0.2, -0.15) is 5.10 Å². The fourth-order valence-electron chi connectivity index (χ4n) is 1.81. The molecule has 1 N–H and O–H groups in total. The summed E-state index contributed by atoms with van der Waals surface area (Å²) >= 11 is 0. The summed E-state index contributed by atoms with van der Waals surface area (Å²) in [5.74, 6) is -0.261. The normalized spacial score (nSPS) is 12.1. The van der Waals surface area contributed by atoms with Crippen molar-refractivity contribution in [2.24, 2.45) is 0 Å². The number of hydrogen-bond acceptors (Lipinski definition) is 5. The van der Waals surface area contributed by atoms with Crippen molar-refractivity contribution in [1.29, 1.82) is 0 Å². The third kappa shape index (κ3) is 3.17. The molecule has 0 spiro atoms. The fraction of sp³-hybridized carbons (Fsp3) is 0.308. The smallest absolute Gasteiger partial charge is 0.323 e. The van der Waals surface area contributed by atoms with Gasteiger partial charge >= 0.3 is 5.97 Å². The molecule has 0 saturated heterocycles. The molecule has 0 aliphatic carbocycles. The molecule has 0 bridgehead atoms. The first-order valence-corrected chi connectivity index (χ1v) is 5.93. The van der Waals surface area contributed by atoms with Crippen LogP contribution in [0.25, 0.3) is 5.69 Å². The van der Waals surface area contributed by atoms with Gasteiger partial charge in [0.25, 0.3) is 0 Å². The molecule has 0 saturated carbocycles. The highest BCUT2D eigenvalue weighted by atomic mass is 16.5. The number of methoxy groups -OCH3 is 1. The molecule has 2 aromatic rings. The summed E-state index contributed by atoms with van der Waals surface area (Å²) in [5, 5.41) is 7.00. The number of aromatic nitrogens is 3. The van der Waals surface area contributed by atoms with E-state index in [1.165, 1.54) is 13.4 Å². The zero-order valence-electron chi connectivity index (χ0n) is 10.9. The molecule has 0 unspecified atom stereocenters. The highest BCUT2D eigenvalue weighted by molar-refractivity contribution is 5.76. The lowest BCUT2D eigenvalue weighted by Crippen LogP contribution is -2.36. The highest BCUT2D eigenvalue weighted by Crippen LogP contribution is 2.10. The van der Waals surface area contributed by atoms with E-state index < -0.39 is 0 Å². The molecule has 1 aromatic heterocycles. The van der Waals surface area contributed by atoms with Crippen LogP contribution in [0.3, 0.4) is 0 Å². The molecule has 0 fully saturated rings. The maximum absolute atomic E-state index is 11.5. The van der Waals surface area contributed by atoms with E-state index in [0.29, 0.717) is 6.42 Å². The summed E-state index contributed by atoms with van der Waals surface area (Å²) < 4.78 is 6.41. The third-order valence-electron chi connectivity index (χ3n) is 2.89. The first-order valence-electron chi connectivity index (χ1n) is 5.93. The molecule has 0 amide bonds. The molecular formula is C13H16N4O2. The van der Waals surface area contributed by atoms with Gasteiger partial charge < -0.3 is 10.1 Å². The van der Waals surface area contributed by atoms with Crippen molar-refractivity contribution in [1.82, 2.24) is 20.1 Å². The summed E-state index contributed by atoms with van der Waals surface area (Å²) in [6, 6.07) is 7.47. The van der Waals surface area contributed by atoms with Crippen molar-refractivity contribution in [2.45, 2.75) is 12.5 Å². The highest BCUT2D eigenvalue weighted by Gasteiger charge is 2.17. The van der Waals surface area contributed by atoms with E-state index in [-0.39, 0.29) is 12.0 Å². The summed E-state index contributed by atoms with van der Waals surface area (Å²) in [7, 11) is 3.13. The number of carbonyl (C=O) groups excluding carboxylic acids is 1. The standard InChI is InChI=1S/C13H16N4O2/c1-14-12(13(18)19-2)7-10-3-5-11(6-4-10)17-9-15-8-16-17/h3-6,8-9,12,14H,7H2,1-2H3/t12-/m0/s1. The SMILES string of the molecule is CN[C@@H](Cc1ccc(-n2cncn2)cc1)C(=O)OC. The quantitative estimate of drug-likeness (QED) is 0.796. The van der Waals surface area contributed by atoms with Gasteiger partial charge in [0.2, 0.25) is 0 Å². The Morgan fingerprint density at radius 3 is 2.68 bits per heavy atom. The van der Waals surface area contributed by atoms with Crippen LogP contribution in [0.5, 0.6) is 0 Å². The topological polar surface area (TPSA) is 69.0 Å². The second-order valence-electron chi connectivity index (χ2n) is 4.08. The molecule has 0 aliphatic rings. The van der Waals surface area contributed by atoms with Gasteiger partial charge in [-0.05, 0) is 31.2 Å². The number of nitrogens with one attached hydrogen (secondary N) is 1. The van der Waals surface area contributed by atoms with Crippen LogP contribution in [0.2, 0.25) is 0 Å². The minimum atomic E-state index is -0.331. The number of likely N-dealkylation sites (N-methyl/N-ethyl adjacent to an activating group) is 1. The van der Waals surface area contributed by atoms with Crippen LogP contribution in [0.4, 0.5) is 0 Å². The van der Waals surface area contributed by atoms with Crippen LogP contribution in [0.1, 0.15) is 5.56 Å². The molecule has 6 nitrogen and oxygen atoms in total. The van der Waals surface area contributed by atoms with Crippen LogP contribution in [-0.4, -0.2) is 40.9 Å². The first kappa shape index (κ1) is 13.2. The number of hydrogen-bond donors (Lipinski definition) is 1. The Balaban J connectivity index is 2.08. The predicted octanol–water partition coefficient (Wildman–Crippen LogP) is 0.571. The first-order chi connectivity index (χ1) is 9.24. The summed E-state index contributed by atoms with van der Waals surface area (Å²) in [5.41, 5.74) is 1.98. The summed E-state index contributed by atoms with van der Waals surface area (Å²) in [6.07, 6.45) is 3.71. The minimum absolute atomic E-state index is 0.261. The van der Waals surface area contributed by atoms with Crippen molar-refractivity contribution in [3.05, 3.63) is 42.5 Å². The summed E-state index contributed by atoms with van der Waals surface area (Å²) in [6.45, 7) is 0. The van der Waals surface area contributed by atoms with E-state index in [2.05, 4.69) is 15.4 Å². The van der Waals surface area contributed by atoms with E-state index >= 15 is 0 Å². The van der Waals surface area contributed by atoms with Gasteiger partial charge in [-0.15, -0.1) is 0 Å².